The largest absolute Gasteiger partial charge is 0.416 e. The number of benzene rings is 1. The van der Waals surface area contributed by atoms with Crippen LogP contribution in [0.1, 0.15) is 16.1 Å². The van der Waals surface area contributed by atoms with Crippen LogP contribution in [0.25, 0.3) is 11.4 Å². The zero-order chi connectivity index (χ0) is 13.3. The lowest BCUT2D eigenvalue weighted by molar-refractivity contribution is -0.137. The third kappa shape index (κ3) is 2.45. The van der Waals surface area contributed by atoms with E-state index in [0.29, 0.717) is 17.7 Å². The van der Waals surface area contributed by atoms with Crippen molar-refractivity contribution in [1.29, 1.82) is 0 Å². The third-order valence-corrected chi connectivity index (χ3v) is 2.93. The van der Waals surface area contributed by atoms with E-state index in [4.69, 9.17) is 0 Å². The van der Waals surface area contributed by atoms with Crippen molar-refractivity contribution < 1.29 is 18.0 Å². The van der Waals surface area contributed by atoms with E-state index in [1.807, 2.05) is 0 Å². The molecule has 3 nitrogen and oxygen atoms in total. The van der Waals surface area contributed by atoms with Crippen LogP contribution in [0, 0.1) is 0 Å². The second kappa shape index (κ2) is 4.56. The molecule has 7 heteroatoms. The fourth-order valence-corrected chi connectivity index (χ4v) is 1.98. The number of halogens is 4. The van der Waals surface area contributed by atoms with E-state index in [9.17, 15) is 18.0 Å². The Morgan fingerprint density at radius 3 is 2.56 bits per heavy atom. The molecule has 94 valence electrons. The summed E-state index contributed by atoms with van der Waals surface area (Å²) >= 11 is 3.06. The molecule has 18 heavy (non-hydrogen) atoms. The highest BCUT2D eigenvalue weighted by Crippen LogP contribution is 2.34. The molecule has 2 aromatic rings. The van der Waals surface area contributed by atoms with Gasteiger partial charge in [0.05, 0.1) is 17.5 Å². The number of carbonyl (C=O) groups excluding carboxylic acids is 1. The van der Waals surface area contributed by atoms with Crippen LogP contribution in [-0.2, 0) is 6.18 Å². The van der Waals surface area contributed by atoms with Crippen LogP contribution in [-0.4, -0.2) is 16.3 Å². The Balaban J connectivity index is 2.44. The van der Waals surface area contributed by atoms with Crippen LogP contribution in [0.2, 0.25) is 0 Å². The van der Waals surface area contributed by atoms with Crippen LogP contribution < -0.4 is 0 Å². The highest BCUT2D eigenvalue weighted by atomic mass is 79.9. The van der Waals surface area contributed by atoms with Crippen molar-refractivity contribution in [3.63, 3.8) is 0 Å². The fraction of sp³-hybridized carbons (Fsp3) is 0.0909. The second-order valence-electron chi connectivity index (χ2n) is 3.50. The lowest BCUT2D eigenvalue weighted by Gasteiger charge is -2.08. The van der Waals surface area contributed by atoms with Gasteiger partial charge in [-0.15, -0.1) is 0 Å². The molecular formula is C11H6BrF3N2O. The monoisotopic (exact) mass is 318 g/mol. The van der Waals surface area contributed by atoms with Gasteiger partial charge >= 0.3 is 6.18 Å². The molecule has 0 bridgehead atoms. The number of rotatable bonds is 2. The van der Waals surface area contributed by atoms with Crippen LogP contribution in [0.15, 0.2) is 28.9 Å². The summed E-state index contributed by atoms with van der Waals surface area (Å²) in [5.74, 6) is 0.331. The summed E-state index contributed by atoms with van der Waals surface area (Å²) in [4.78, 5) is 17.1. The van der Waals surface area contributed by atoms with E-state index >= 15 is 0 Å². The summed E-state index contributed by atoms with van der Waals surface area (Å²) in [6, 6.07) is 3.22. The maximum Gasteiger partial charge on any atom is 0.416 e. The van der Waals surface area contributed by atoms with Crippen molar-refractivity contribution in [2.45, 2.75) is 6.18 Å². The molecule has 2 rings (SSSR count). The van der Waals surface area contributed by atoms with E-state index in [-0.39, 0.29) is 10.2 Å². The molecule has 0 atom stereocenters. The Morgan fingerprint density at radius 2 is 2.06 bits per heavy atom. The van der Waals surface area contributed by atoms with Crippen molar-refractivity contribution in [1.82, 2.24) is 9.97 Å². The molecule has 0 aliphatic heterocycles. The number of H-pyrrole nitrogens is 1. The smallest absolute Gasteiger partial charge is 0.336 e. The summed E-state index contributed by atoms with van der Waals surface area (Å²) < 4.78 is 37.7. The predicted molar refractivity (Wildman–Crippen MR) is 62.1 cm³/mol. The predicted octanol–water partition coefficient (Wildman–Crippen LogP) is 3.67. The number of alkyl halides is 3. The number of carbonyl (C=O) groups is 1. The average Bonchev–Trinajstić information content (AvgIpc) is 2.76. The molecule has 1 N–H and O–H groups in total. The van der Waals surface area contributed by atoms with Gasteiger partial charge in [0.1, 0.15) is 5.82 Å². The first kappa shape index (κ1) is 12.8. The molecule has 0 amide bonds. The Hall–Kier alpha value is -1.63. The summed E-state index contributed by atoms with van der Waals surface area (Å²) in [6.07, 6.45) is -2.50. The van der Waals surface area contributed by atoms with Gasteiger partial charge in [-0.25, -0.2) is 4.98 Å². The molecule has 0 unspecified atom stereocenters. The number of nitrogens with zero attached hydrogens (tertiary/aromatic N) is 1. The highest BCUT2D eigenvalue weighted by Gasteiger charge is 2.31. The molecule has 0 spiro atoms. The van der Waals surface area contributed by atoms with Gasteiger partial charge < -0.3 is 4.98 Å². The number of aldehydes is 1. The second-order valence-corrected chi connectivity index (χ2v) is 4.35. The summed E-state index contributed by atoms with van der Waals surface area (Å²) in [5.41, 5.74) is -0.0341. The fourth-order valence-electron chi connectivity index (χ4n) is 1.42. The maximum absolute atomic E-state index is 12.5. The van der Waals surface area contributed by atoms with Gasteiger partial charge in [-0.05, 0) is 18.2 Å². The quantitative estimate of drug-likeness (QED) is 0.859. The molecule has 0 saturated heterocycles. The minimum atomic E-state index is -4.39. The topological polar surface area (TPSA) is 45.8 Å². The first-order chi connectivity index (χ1) is 8.41. The van der Waals surface area contributed by atoms with Crippen molar-refractivity contribution in [2.75, 3.05) is 0 Å². The number of hydrogen-bond acceptors (Lipinski definition) is 2. The maximum atomic E-state index is 12.5. The molecule has 0 fully saturated rings. The third-order valence-electron chi connectivity index (χ3n) is 2.27. The summed E-state index contributed by atoms with van der Waals surface area (Å²) in [5, 5.41) is 0. The number of aromatic amines is 1. The summed E-state index contributed by atoms with van der Waals surface area (Å²) in [6.45, 7) is 0. The molecule has 0 aliphatic rings. The van der Waals surface area contributed by atoms with Crippen molar-refractivity contribution in [3.8, 4) is 11.4 Å². The van der Waals surface area contributed by atoms with E-state index in [1.54, 1.807) is 0 Å². The van der Waals surface area contributed by atoms with Crippen LogP contribution in [0.5, 0.6) is 0 Å². The normalized spacial score (nSPS) is 11.6. The minimum Gasteiger partial charge on any atom is -0.336 e. The summed E-state index contributed by atoms with van der Waals surface area (Å²) in [7, 11) is 0. The van der Waals surface area contributed by atoms with Gasteiger partial charge in [-0.2, -0.15) is 13.2 Å². The SMILES string of the molecule is O=Cc1cnc(-c2ccc(C(F)(F)F)cc2Br)[nH]1. The molecule has 0 aliphatic carbocycles. The Bertz CT molecular complexity index is 592. The van der Waals surface area contributed by atoms with Crippen molar-refractivity contribution in [2.24, 2.45) is 0 Å². The lowest BCUT2D eigenvalue weighted by atomic mass is 10.1. The van der Waals surface area contributed by atoms with E-state index in [1.165, 1.54) is 12.3 Å². The Labute approximate surface area is 108 Å². The molecule has 1 heterocycles. The van der Waals surface area contributed by atoms with E-state index in [2.05, 4.69) is 25.9 Å². The zero-order valence-electron chi connectivity index (χ0n) is 8.75. The lowest BCUT2D eigenvalue weighted by Crippen LogP contribution is -2.04. The van der Waals surface area contributed by atoms with Crippen molar-refractivity contribution in [3.05, 3.63) is 40.1 Å². The van der Waals surface area contributed by atoms with Gasteiger partial charge in [-0.3, -0.25) is 4.79 Å². The minimum absolute atomic E-state index is 0.254. The Morgan fingerprint density at radius 1 is 1.33 bits per heavy atom. The van der Waals surface area contributed by atoms with Crippen LogP contribution in [0.3, 0.4) is 0 Å². The first-order valence-electron chi connectivity index (χ1n) is 4.79. The Kier molecular flexibility index (Phi) is 3.25. The zero-order valence-corrected chi connectivity index (χ0v) is 10.3. The van der Waals surface area contributed by atoms with E-state index < -0.39 is 11.7 Å². The van der Waals surface area contributed by atoms with Crippen molar-refractivity contribution >= 4 is 22.2 Å². The number of nitrogens with one attached hydrogen (secondary N) is 1. The van der Waals surface area contributed by atoms with Crippen LogP contribution in [0.4, 0.5) is 13.2 Å². The first-order valence-corrected chi connectivity index (χ1v) is 5.58. The molecule has 1 aromatic carbocycles. The van der Waals surface area contributed by atoms with Gasteiger partial charge in [0.2, 0.25) is 0 Å². The number of hydrogen-bond donors (Lipinski definition) is 1. The van der Waals surface area contributed by atoms with E-state index in [0.717, 1.165) is 12.1 Å². The molecular weight excluding hydrogens is 313 g/mol. The molecule has 0 radical (unpaired) electrons. The van der Waals surface area contributed by atoms with Gasteiger partial charge in [0.15, 0.2) is 6.29 Å². The molecule has 1 aromatic heterocycles. The van der Waals surface area contributed by atoms with Gasteiger partial charge in [0.25, 0.3) is 0 Å². The highest BCUT2D eigenvalue weighted by molar-refractivity contribution is 9.10. The number of imidazole rings is 1. The standard InChI is InChI=1S/C11H6BrF3N2O/c12-9-3-6(11(13,14)15)1-2-8(9)10-16-4-7(5-18)17-10/h1-5H,(H,16,17). The van der Waals surface area contributed by atoms with Gasteiger partial charge in [-0.1, -0.05) is 15.9 Å². The molecule has 0 saturated carbocycles. The average molecular weight is 319 g/mol. The number of aromatic nitrogens is 2. The van der Waals surface area contributed by atoms with Gasteiger partial charge in [0, 0.05) is 10.0 Å². The van der Waals surface area contributed by atoms with Crippen LogP contribution >= 0.6 is 15.9 Å².